The summed E-state index contributed by atoms with van der Waals surface area (Å²) in [6.45, 7) is 0. The first-order valence-corrected chi connectivity index (χ1v) is 5.56. The maximum absolute atomic E-state index is 12.8. The molecule has 0 radical (unpaired) electrons. The van der Waals surface area contributed by atoms with Crippen molar-refractivity contribution in [2.45, 2.75) is 24.1 Å². The smallest absolute Gasteiger partial charge is 0.123 e. The molecule has 0 aromatic heterocycles. The largest absolute Gasteiger partial charge is 0.207 e. The maximum Gasteiger partial charge on any atom is 0.123 e. The van der Waals surface area contributed by atoms with Gasteiger partial charge < -0.3 is 0 Å². The van der Waals surface area contributed by atoms with E-state index in [2.05, 4.69) is 15.9 Å². The van der Waals surface area contributed by atoms with Gasteiger partial charge in [-0.05, 0) is 42.9 Å². The molecule has 1 aliphatic rings. The average Bonchev–Trinajstić information content (AvgIpc) is 2.85. The number of hydrogen-bond donors (Lipinski definition) is 0. The summed E-state index contributed by atoms with van der Waals surface area (Å²) in [5, 5.41) is 0. The normalized spacial score (nSPS) is 18.6. The second-order valence-electron chi connectivity index (χ2n) is 3.69. The number of hydrogen-bond acceptors (Lipinski definition) is 0. The number of alkyl halides is 1. The molecule has 1 fully saturated rings. The van der Waals surface area contributed by atoms with E-state index >= 15 is 0 Å². The van der Waals surface area contributed by atoms with Crippen molar-refractivity contribution in [3.8, 4) is 0 Å². The summed E-state index contributed by atoms with van der Waals surface area (Å²) < 4.78 is 12.8. The van der Waals surface area contributed by atoms with Crippen molar-refractivity contribution < 1.29 is 4.39 Å². The van der Waals surface area contributed by atoms with Gasteiger partial charge in [0.2, 0.25) is 0 Å². The Bertz CT molecular complexity index is 294. The fraction of sp³-hybridized carbons (Fsp3) is 0.455. The van der Waals surface area contributed by atoms with Crippen LogP contribution in [-0.2, 0) is 6.42 Å². The molecule has 2 rings (SSSR count). The summed E-state index contributed by atoms with van der Waals surface area (Å²) >= 11 is 3.64. The van der Waals surface area contributed by atoms with Gasteiger partial charge in [-0.25, -0.2) is 4.39 Å². The van der Waals surface area contributed by atoms with Gasteiger partial charge in [-0.3, -0.25) is 0 Å². The lowest BCUT2D eigenvalue weighted by Crippen LogP contribution is -2.04. The number of rotatable bonds is 3. The Morgan fingerprint density at radius 2 is 2.23 bits per heavy atom. The van der Waals surface area contributed by atoms with E-state index in [1.54, 1.807) is 12.1 Å². The molecule has 0 amide bonds. The van der Waals surface area contributed by atoms with Gasteiger partial charge in [0.25, 0.3) is 0 Å². The molecule has 13 heavy (non-hydrogen) atoms. The van der Waals surface area contributed by atoms with Crippen molar-refractivity contribution in [1.82, 2.24) is 0 Å². The zero-order chi connectivity index (χ0) is 9.26. The highest BCUT2D eigenvalue weighted by Crippen LogP contribution is 2.38. The first-order chi connectivity index (χ1) is 6.25. The number of halogens is 2. The van der Waals surface area contributed by atoms with Crippen molar-refractivity contribution in [3.05, 3.63) is 35.6 Å². The predicted molar refractivity (Wildman–Crippen MR) is 55.5 cm³/mol. The third-order valence-electron chi connectivity index (χ3n) is 2.45. The van der Waals surface area contributed by atoms with E-state index in [-0.39, 0.29) is 5.82 Å². The van der Waals surface area contributed by atoms with Crippen LogP contribution in [0.4, 0.5) is 4.39 Å². The SMILES string of the molecule is Fc1cccc(CC(Br)C2CC2)c1. The Kier molecular flexibility index (Phi) is 2.68. The van der Waals surface area contributed by atoms with Gasteiger partial charge in [0.05, 0.1) is 0 Å². The van der Waals surface area contributed by atoms with Gasteiger partial charge in [0, 0.05) is 4.83 Å². The second-order valence-corrected chi connectivity index (χ2v) is 4.86. The molecule has 1 saturated carbocycles. The fourth-order valence-corrected chi connectivity index (χ4v) is 2.42. The lowest BCUT2D eigenvalue weighted by Gasteiger charge is -2.07. The van der Waals surface area contributed by atoms with Crippen LogP contribution in [-0.4, -0.2) is 4.83 Å². The first kappa shape index (κ1) is 9.20. The number of benzene rings is 1. The Labute approximate surface area is 86.3 Å². The fourth-order valence-electron chi connectivity index (χ4n) is 1.51. The van der Waals surface area contributed by atoms with Crippen LogP contribution in [0.1, 0.15) is 18.4 Å². The Morgan fingerprint density at radius 3 is 2.85 bits per heavy atom. The summed E-state index contributed by atoms with van der Waals surface area (Å²) in [5.74, 6) is 0.691. The molecule has 0 aliphatic heterocycles. The highest BCUT2D eigenvalue weighted by molar-refractivity contribution is 9.09. The van der Waals surface area contributed by atoms with Crippen molar-refractivity contribution in [2.24, 2.45) is 5.92 Å². The molecule has 1 unspecified atom stereocenters. The molecule has 2 heteroatoms. The molecule has 70 valence electrons. The van der Waals surface area contributed by atoms with Crippen LogP contribution in [0.15, 0.2) is 24.3 Å². The second kappa shape index (κ2) is 3.79. The van der Waals surface area contributed by atoms with E-state index in [1.807, 2.05) is 6.07 Å². The predicted octanol–water partition coefficient (Wildman–Crippen LogP) is 3.54. The molecule has 0 bridgehead atoms. The molecular formula is C11H12BrF. The zero-order valence-corrected chi connectivity index (χ0v) is 8.93. The van der Waals surface area contributed by atoms with Crippen LogP contribution in [0.5, 0.6) is 0 Å². The summed E-state index contributed by atoms with van der Waals surface area (Å²) in [7, 11) is 0. The minimum Gasteiger partial charge on any atom is -0.207 e. The lowest BCUT2D eigenvalue weighted by molar-refractivity contribution is 0.624. The van der Waals surface area contributed by atoms with E-state index in [0.717, 1.165) is 17.9 Å². The Hall–Kier alpha value is -0.370. The highest BCUT2D eigenvalue weighted by Gasteiger charge is 2.29. The quantitative estimate of drug-likeness (QED) is 0.712. The molecule has 0 nitrogen and oxygen atoms in total. The first-order valence-electron chi connectivity index (χ1n) is 4.64. The van der Waals surface area contributed by atoms with Gasteiger partial charge in [-0.2, -0.15) is 0 Å². The van der Waals surface area contributed by atoms with Gasteiger partial charge >= 0.3 is 0 Å². The summed E-state index contributed by atoms with van der Waals surface area (Å²) in [4.78, 5) is 0.536. The molecular weight excluding hydrogens is 231 g/mol. The molecule has 1 aliphatic carbocycles. The maximum atomic E-state index is 12.8. The molecule has 1 aromatic carbocycles. The van der Waals surface area contributed by atoms with Crippen LogP contribution >= 0.6 is 15.9 Å². The molecule has 1 atom stereocenters. The Morgan fingerprint density at radius 1 is 1.46 bits per heavy atom. The average molecular weight is 243 g/mol. The molecule has 0 saturated heterocycles. The topological polar surface area (TPSA) is 0 Å². The lowest BCUT2D eigenvalue weighted by atomic mass is 10.1. The van der Waals surface area contributed by atoms with Gasteiger partial charge in [0.15, 0.2) is 0 Å². The van der Waals surface area contributed by atoms with Crippen LogP contribution in [0, 0.1) is 11.7 Å². The minimum atomic E-state index is -0.131. The summed E-state index contributed by atoms with van der Waals surface area (Å²) in [6.07, 6.45) is 3.60. The third kappa shape index (κ3) is 2.53. The van der Waals surface area contributed by atoms with E-state index in [0.29, 0.717) is 4.83 Å². The van der Waals surface area contributed by atoms with Gasteiger partial charge in [0.1, 0.15) is 5.82 Å². The van der Waals surface area contributed by atoms with Crippen molar-refractivity contribution in [1.29, 1.82) is 0 Å². The third-order valence-corrected chi connectivity index (χ3v) is 3.52. The van der Waals surface area contributed by atoms with E-state index in [9.17, 15) is 4.39 Å². The van der Waals surface area contributed by atoms with Gasteiger partial charge in [-0.15, -0.1) is 0 Å². The monoisotopic (exact) mass is 242 g/mol. The van der Waals surface area contributed by atoms with Crippen LogP contribution in [0.3, 0.4) is 0 Å². The minimum absolute atomic E-state index is 0.131. The van der Waals surface area contributed by atoms with E-state index in [1.165, 1.54) is 18.9 Å². The van der Waals surface area contributed by atoms with Crippen molar-refractivity contribution >= 4 is 15.9 Å². The van der Waals surface area contributed by atoms with E-state index < -0.39 is 0 Å². The molecule has 0 heterocycles. The van der Waals surface area contributed by atoms with Gasteiger partial charge in [-0.1, -0.05) is 28.1 Å². The van der Waals surface area contributed by atoms with Crippen LogP contribution in [0.25, 0.3) is 0 Å². The van der Waals surface area contributed by atoms with Crippen LogP contribution < -0.4 is 0 Å². The molecule has 0 spiro atoms. The summed E-state index contributed by atoms with van der Waals surface area (Å²) in [5.41, 5.74) is 1.09. The standard InChI is InChI=1S/C11H12BrF/c12-11(9-4-5-9)7-8-2-1-3-10(13)6-8/h1-3,6,9,11H,4-5,7H2. The molecule has 1 aromatic rings. The van der Waals surface area contributed by atoms with Crippen molar-refractivity contribution in [2.75, 3.05) is 0 Å². The molecule has 0 N–H and O–H groups in total. The highest BCUT2D eigenvalue weighted by atomic mass is 79.9. The van der Waals surface area contributed by atoms with E-state index in [4.69, 9.17) is 0 Å². The summed E-state index contributed by atoms with van der Waals surface area (Å²) in [6, 6.07) is 6.87. The van der Waals surface area contributed by atoms with Crippen molar-refractivity contribution in [3.63, 3.8) is 0 Å². The van der Waals surface area contributed by atoms with Crippen LogP contribution in [0.2, 0.25) is 0 Å². The Balaban J connectivity index is 2.00. The zero-order valence-electron chi connectivity index (χ0n) is 7.34.